The molecule has 0 aliphatic carbocycles. The van der Waals surface area contributed by atoms with E-state index in [-0.39, 0.29) is 24.3 Å². The molecule has 0 fully saturated rings. The summed E-state index contributed by atoms with van der Waals surface area (Å²) in [5.74, 6) is -1.36. The van der Waals surface area contributed by atoms with Crippen molar-refractivity contribution < 1.29 is 22.4 Å². The van der Waals surface area contributed by atoms with Crippen LogP contribution in [0.4, 0.5) is 10.1 Å². The lowest BCUT2D eigenvalue weighted by Gasteiger charge is -2.35. The van der Waals surface area contributed by atoms with Crippen LogP contribution in [0.2, 0.25) is 0 Å². The van der Waals surface area contributed by atoms with Crippen LogP contribution in [0, 0.1) is 5.82 Å². The van der Waals surface area contributed by atoms with Crippen molar-refractivity contribution in [2.75, 3.05) is 17.1 Å². The molecule has 3 aromatic carbocycles. The van der Waals surface area contributed by atoms with Gasteiger partial charge in [-0.1, -0.05) is 75.4 Å². The summed E-state index contributed by atoms with van der Waals surface area (Å²) in [5.41, 5.74) is 2.09. The molecule has 0 spiro atoms. The number of amides is 2. The first-order chi connectivity index (χ1) is 19.4. The van der Waals surface area contributed by atoms with Gasteiger partial charge in [0.2, 0.25) is 21.8 Å². The summed E-state index contributed by atoms with van der Waals surface area (Å²) in [4.78, 5) is 29.3. The molecule has 0 unspecified atom stereocenters. The second kappa shape index (κ2) is 13.1. The van der Waals surface area contributed by atoms with Crippen molar-refractivity contribution in [2.45, 2.75) is 71.5 Å². The van der Waals surface area contributed by atoms with Crippen LogP contribution in [0.3, 0.4) is 0 Å². The topological polar surface area (TPSA) is 86.8 Å². The van der Waals surface area contributed by atoms with E-state index < -0.39 is 39.9 Å². The minimum Gasteiger partial charge on any atom is -0.350 e. The third-order valence-corrected chi connectivity index (χ3v) is 7.88. The zero-order valence-corrected chi connectivity index (χ0v) is 26.3. The molecule has 7 nitrogen and oxygen atoms in total. The quantitative estimate of drug-likeness (QED) is 0.338. The van der Waals surface area contributed by atoms with E-state index in [9.17, 15) is 22.4 Å². The molecule has 0 aromatic heterocycles. The Bertz CT molecular complexity index is 1460. The van der Waals surface area contributed by atoms with Crippen molar-refractivity contribution >= 4 is 27.5 Å². The monoisotopic (exact) mass is 595 g/mol. The fraction of sp³-hybridized carbons (Fsp3) is 0.394. The van der Waals surface area contributed by atoms with E-state index in [0.717, 1.165) is 21.7 Å². The van der Waals surface area contributed by atoms with Gasteiger partial charge in [-0.25, -0.2) is 12.8 Å². The lowest BCUT2D eigenvalue weighted by molar-refractivity contribution is -0.140. The molecule has 3 rings (SSSR count). The smallest absolute Gasteiger partial charge is 0.244 e. The van der Waals surface area contributed by atoms with Gasteiger partial charge < -0.3 is 10.2 Å². The fourth-order valence-electron chi connectivity index (χ4n) is 4.53. The standard InChI is InChI=1S/C33H42FN3O4S/c1-32(2,3)26-15-19-28(20-16-26)37(42(7,40)41)23-30(38)36(22-25-13-17-27(34)18-14-25)29(31(39)35-33(4,5)6)21-24-11-9-8-10-12-24/h8-20,29H,21-23H2,1-7H3,(H,35,39)/t29-/m1/s1. The third kappa shape index (κ3) is 9.41. The maximum absolute atomic E-state index is 14.1. The maximum atomic E-state index is 14.1. The van der Waals surface area contributed by atoms with E-state index in [4.69, 9.17) is 0 Å². The van der Waals surface area contributed by atoms with Crippen molar-refractivity contribution in [1.29, 1.82) is 0 Å². The van der Waals surface area contributed by atoms with Crippen LogP contribution in [0.25, 0.3) is 0 Å². The maximum Gasteiger partial charge on any atom is 0.244 e. The summed E-state index contributed by atoms with van der Waals surface area (Å²) in [7, 11) is -3.87. The highest BCUT2D eigenvalue weighted by atomic mass is 32.2. The van der Waals surface area contributed by atoms with Crippen LogP contribution in [0.1, 0.15) is 58.2 Å². The van der Waals surface area contributed by atoms with E-state index >= 15 is 0 Å². The summed E-state index contributed by atoms with van der Waals surface area (Å²) in [6, 6.07) is 21.1. The van der Waals surface area contributed by atoms with Gasteiger partial charge in [-0.2, -0.15) is 0 Å². The lowest BCUT2D eigenvalue weighted by atomic mass is 9.87. The molecule has 1 atom stereocenters. The fourth-order valence-corrected chi connectivity index (χ4v) is 5.38. The van der Waals surface area contributed by atoms with Gasteiger partial charge in [0.25, 0.3) is 0 Å². The van der Waals surface area contributed by atoms with Gasteiger partial charge in [0, 0.05) is 18.5 Å². The van der Waals surface area contributed by atoms with Crippen LogP contribution in [-0.2, 0) is 38.0 Å². The van der Waals surface area contributed by atoms with Crippen molar-refractivity contribution in [2.24, 2.45) is 0 Å². The highest BCUT2D eigenvalue weighted by molar-refractivity contribution is 7.92. The Morgan fingerprint density at radius 1 is 0.833 bits per heavy atom. The number of rotatable bonds is 10. The number of anilines is 1. The van der Waals surface area contributed by atoms with Gasteiger partial charge in [0.15, 0.2) is 0 Å². The normalized spacial score (nSPS) is 12.9. The van der Waals surface area contributed by atoms with Crippen molar-refractivity contribution in [3.05, 3.63) is 101 Å². The van der Waals surface area contributed by atoms with Gasteiger partial charge in [0.05, 0.1) is 11.9 Å². The van der Waals surface area contributed by atoms with Crippen LogP contribution in [0.5, 0.6) is 0 Å². The Balaban J connectivity index is 2.06. The molecule has 42 heavy (non-hydrogen) atoms. The zero-order valence-electron chi connectivity index (χ0n) is 25.5. The van der Waals surface area contributed by atoms with Gasteiger partial charge in [-0.05, 0) is 67.1 Å². The number of hydrogen-bond donors (Lipinski definition) is 1. The Kier molecular flexibility index (Phi) is 10.2. The summed E-state index contributed by atoms with van der Waals surface area (Å²) in [6.45, 7) is 11.2. The SMILES string of the molecule is CC(C)(C)NC(=O)[C@@H](Cc1ccccc1)N(Cc1ccc(F)cc1)C(=O)CN(c1ccc(C(C)(C)C)cc1)S(C)(=O)=O. The second-order valence-corrected chi connectivity index (χ2v) is 14.6. The van der Waals surface area contributed by atoms with E-state index in [0.29, 0.717) is 11.3 Å². The molecule has 0 saturated heterocycles. The molecular formula is C33H42FN3O4S. The second-order valence-electron chi connectivity index (χ2n) is 12.7. The number of carbonyl (C=O) groups is 2. The molecule has 2 amide bonds. The average Bonchev–Trinajstić information content (AvgIpc) is 2.88. The average molecular weight is 596 g/mol. The van der Waals surface area contributed by atoms with E-state index in [1.807, 2.05) is 63.2 Å². The molecule has 0 saturated carbocycles. The third-order valence-electron chi connectivity index (χ3n) is 6.74. The van der Waals surface area contributed by atoms with Crippen molar-refractivity contribution in [3.8, 4) is 0 Å². The van der Waals surface area contributed by atoms with Gasteiger partial charge in [-0.3, -0.25) is 13.9 Å². The molecule has 0 heterocycles. The highest BCUT2D eigenvalue weighted by Crippen LogP contribution is 2.26. The number of halogens is 1. The number of sulfonamides is 1. The minimum atomic E-state index is -3.87. The number of hydrogen-bond acceptors (Lipinski definition) is 4. The Hall–Kier alpha value is -3.72. The van der Waals surface area contributed by atoms with Crippen LogP contribution >= 0.6 is 0 Å². The molecule has 1 N–H and O–H groups in total. The number of nitrogens with one attached hydrogen (secondary N) is 1. The molecule has 0 aliphatic heterocycles. The lowest BCUT2D eigenvalue weighted by Crippen LogP contribution is -2.56. The summed E-state index contributed by atoms with van der Waals surface area (Å²) in [5, 5.41) is 2.98. The van der Waals surface area contributed by atoms with Gasteiger partial charge in [0.1, 0.15) is 18.4 Å². The highest BCUT2D eigenvalue weighted by Gasteiger charge is 2.34. The van der Waals surface area contributed by atoms with Crippen LogP contribution in [-0.4, -0.2) is 49.5 Å². The zero-order chi connectivity index (χ0) is 31.3. The predicted octanol–water partition coefficient (Wildman–Crippen LogP) is 5.44. The Morgan fingerprint density at radius 2 is 1.40 bits per heavy atom. The first-order valence-corrected chi connectivity index (χ1v) is 15.8. The number of carbonyl (C=O) groups excluding carboxylic acids is 2. The molecule has 226 valence electrons. The largest absolute Gasteiger partial charge is 0.350 e. The van der Waals surface area contributed by atoms with Gasteiger partial charge >= 0.3 is 0 Å². The molecular weight excluding hydrogens is 553 g/mol. The molecule has 0 radical (unpaired) electrons. The van der Waals surface area contributed by atoms with Crippen LogP contribution in [0.15, 0.2) is 78.9 Å². The molecule has 0 bridgehead atoms. The van der Waals surface area contributed by atoms with Crippen molar-refractivity contribution in [3.63, 3.8) is 0 Å². The van der Waals surface area contributed by atoms with Crippen molar-refractivity contribution in [1.82, 2.24) is 10.2 Å². The molecule has 0 aliphatic rings. The van der Waals surface area contributed by atoms with Crippen LogP contribution < -0.4 is 9.62 Å². The molecule has 3 aromatic rings. The van der Waals surface area contributed by atoms with E-state index in [1.165, 1.54) is 17.0 Å². The first-order valence-electron chi connectivity index (χ1n) is 13.9. The number of nitrogens with zero attached hydrogens (tertiary/aromatic N) is 2. The first kappa shape index (κ1) is 32.8. The van der Waals surface area contributed by atoms with E-state index in [2.05, 4.69) is 26.1 Å². The number of benzene rings is 3. The molecule has 9 heteroatoms. The Labute approximate surface area is 249 Å². The predicted molar refractivity (Wildman–Crippen MR) is 166 cm³/mol. The minimum absolute atomic E-state index is 0.0191. The van der Waals surface area contributed by atoms with Gasteiger partial charge in [-0.15, -0.1) is 0 Å². The summed E-state index contributed by atoms with van der Waals surface area (Å²) in [6.07, 6.45) is 1.25. The summed E-state index contributed by atoms with van der Waals surface area (Å²) >= 11 is 0. The van der Waals surface area contributed by atoms with E-state index in [1.54, 1.807) is 24.3 Å². The summed E-state index contributed by atoms with van der Waals surface area (Å²) < 4.78 is 40.7. The Morgan fingerprint density at radius 3 is 1.90 bits per heavy atom.